The maximum Gasteiger partial charge on any atom is 0.245 e. The molecule has 1 unspecified atom stereocenters. The molecule has 2 aromatic rings. The van der Waals surface area contributed by atoms with E-state index in [1.807, 2.05) is 38.1 Å². The summed E-state index contributed by atoms with van der Waals surface area (Å²) in [5.41, 5.74) is 1.79. The predicted octanol–water partition coefficient (Wildman–Crippen LogP) is 2.93. The van der Waals surface area contributed by atoms with Gasteiger partial charge in [-0.25, -0.2) is 0 Å². The van der Waals surface area contributed by atoms with E-state index in [9.17, 15) is 4.79 Å². The Balaban J connectivity index is 2.33. The minimum absolute atomic E-state index is 0.165. The van der Waals surface area contributed by atoms with Crippen molar-refractivity contribution in [2.75, 3.05) is 4.90 Å². The second-order valence-electron chi connectivity index (χ2n) is 4.42. The summed E-state index contributed by atoms with van der Waals surface area (Å²) in [7, 11) is 0. The van der Waals surface area contributed by atoms with Gasteiger partial charge in [0.25, 0.3) is 0 Å². The van der Waals surface area contributed by atoms with E-state index in [-0.39, 0.29) is 12.5 Å². The summed E-state index contributed by atoms with van der Waals surface area (Å²) < 4.78 is 5.13. The van der Waals surface area contributed by atoms with Gasteiger partial charge in [-0.15, -0.1) is 21.8 Å². The fourth-order valence-corrected chi connectivity index (χ4v) is 2.01. The number of para-hydroxylation sites is 1. The molecule has 1 aromatic heterocycles. The molecule has 1 heterocycles. The van der Waals surface area contributed by atoms with Crippen LogP contribution in [0.25, 0.3) is 0 Å². The van der Waals surface area contributed by atoms with E-state index in [0.29, 0.717) is 12.3 Å². The number of hydrogen-bond donors (Lipinski definition) is 0. The minimum Gasteiger partial charge on any atom is -0.426 e. The van der Waals surface area contributed by atoms with Gasteiger partial charge in [0.05, 0.1) is 0 Å². The zero-order valence-electron chi connectivity index (χ0n) is 11.4. The number of rotatable bonds is 5. The van der Waals surface area contributed by atoms with Crippen molar-refractivity contribution in [1.82, 2.24) is 10.2 Å². The van der Waals surface area contributed by atoms with E-state index in [4.69, 9.17) is 16.0 Å². The molecule has 106 valence electrons. The number of anilines is 1. The first kappa shape index (κ1) is 14.5. The molecule has 1 amide bonds. The van der Waals surface area contributed by atoms with Gasteiger partial charge < -0.3 is 9.32 Å². The third-order valence-corrected chi connectivity index (χ3v) is 3.49. The van der Waals surface area contributed by atoms with Gasteiger partial charge in [-0.05, 0) is 25.0 Å². The van der Waals surface area contributed by atoms with Crippen molar-refractivity contribution in [3.8, 4) is 0 Å². The maximum absolute atomic E-state index is 12.5. The highest BCUT2D eigenvalue weighted by molar-refractivity contribution is 6.32. The highest BCUT2D eigenvalue weighted by Crippen LogP contribution is 2.23. The van der Waals surface area contributed by atoms with Crippen LogP contribution in [-0.4, -0.2) is 21.5 Å². The molecule has 0 saturated heterocycles. The number of aromatic nitrogens is 2. The van der Waals surface area contributed by atoms with Crippen LogP contribution in [0.2, 0.25) is 0 Å². The van der Waals surface area contributed by atoms with Crippen LogP contribution in [0.5, 0.6) is 0 Å². The van der Waals surface area contributed by atoms with Crippen molar-refractivity contribution in [2.24, 2.45) is 0 Å². The highest BCUT2D eigenvalue weighted by atomic mass is 35.5. The number of carbonyl (C=O) groups excluding carboxylic acids is 1. The van der Waals surface area contributed by atoms with Crippen LogP contribution in [0.1, 0.15) is 24.8 Å². The second kappa shape index (κ2) is 6.52. The van der Waals surface area contributed by atoms with E-state index in [1.54, 1.807) is 4.90 Å². The Morgan fingerprint density at radius 2 is 2.20 bits per heavy atom. The van der Waals surface area contributed by atoms with Crippen molar-refractivity contribution in [3.63, 3.8) is 0 Å². The molecule has 0 radical (unpaired) electrons. The van der Waals surface area contributed by atoms with Crippen LogP contribution in [0.3, 0.4) is 0 Å². The largest absolute Gasteiger partial charge is 0.426 e. The van der Waals surface area contributed by atoms with Crippen LogP contribution in [-0.2, 0) is 11.3 Å². The molecule has 0 aliphatic heterocycles. The summed E-state index contributed by atoms with van der Waals surface area (Å²) in [6, 6.07) is 7.62. The lowest BCUT2D eigenvalue weighted by atomic mass is 10.1. The Morgan fingerprint density at radius 3 is 2.80 bits per heavy atom. The summed E-state index contributed by atoms with van der Waals surface area (Å²) in [6.45, 7) is 4.03. The standard InChI is InChI=1S/C14H16ClN3O2/c1-3-11(15)14(19)18(8-13-17-16-9-20-13)12-7-5-4-6-10(12)2/h4-7,9,11H,3,8H2,1-2H3. The number of carbonyl (C=O) groups is 1. The Labute approximate surface area is 122 Å². The first-order chi connectivity index (χ1) is 9.63. The average molecular weight is 294 g/mol. The van der Waals surface area contributed by atoms with Gasteiger partial charge in [0.15, 0.2) is 0 Å². The highest BCUT2D eigenvalue weighted by Gasteiger charge is 2.25. The quantitative estimate of drug-likeness (QED) is 0.795. The Hall–Kier alpha value is -1.88. The molecule has 0 spiro atoms. The lowest BCUT2D eigenvalue weighted by Gasteiger charge is -2.24. The lowest BCUT2D eigenvalue weighted by molar-refractivity contribution is -0.118. The van der Waals surface area contributed by atoms with Gasteiger partial charge in [-0.3, -0.25) is 4.79 Å². The Bertz CT molecular complexity index is 572. The monoisotopic (exact) mass is 293 g/mol. The van der Waals surface area contributed by atoms with E-state index >= 15 is 0 Å². The van der Waals surface area contributed by atoms with E-state index < -0.39 is 5.38 Å². The molecule has 6 heteroatoms. The second-order valence-corrected chi connectivity index (χ2v) is 4.95. The van der Waals surface area contributed by atoms with Gasteiger partial charge in [0.1, 0.15) is 11.9 Å². The van der Waals surface area contributed by atoms with Crippen LogP contribution >= 0.6 is 11.6 Å². The summed E-state index contributed by atoms with van der Waals surface area (Å²) in [4.78, 5) is 14.0. The number of nitrogens with zero attached hydrogens (tertiary/aromatic N) is 3. The molecule has 0 bridgehead atoms. The molecule has 0 saturated carbocycles. The number of amides is 1. The fraction of sp³-hybridized carbons (Fsp3) is 0.357. The predicted molar refractivity (Wildman–Crippen MR) is 76.6 cm³/mol. The van der Waals surface area contributed by atoms with E-state index in [2.05, 4.69) is 10.2 Å². The maximum atomic E-state index is 12.5. The Morgan fingerprint density at radius 1 is 1.45 bits per heavy atom. The van der Waals surface area contributed by atoms with Crippen molar-refractivity contribution < 1.29 is 9.21 Å². The molecule has 0 N–H and O–H groups in total. The van der Waals surface area contributed by atoms with E-state index in [1.165, 1.54) is 6.39 Å². The van der Waals surface area contributed by atoms with E-state index in [0.717, 1.165) is 11.3 Å². The zero-order chi connectivity index (χ0) is 14.5. The molecular formula is C14H16ClN3O2. The number of aryl methyl sites for hydroxylation is 1. The summed E-state index contributed by atoms with van der Waals surface area (Å²) >= 11 is 6.10. The third-order valence-electron chi connectivity index (χ3n) is 3.00. The number of benzene rings is 1. The molecule has 1 atom stereocenters. The SMILES string of the molecule is CCC(Cl)C(=O)N(Cc1nnco1)c1ccccc1C. The Kier molecular flexibility index (Phi) is 4.74. The topological polar surface area (TPSA) is 59.2 Å². The van der Waals surface area contributed by atoms with Crippen LogP contribution < -0.4 is 4.90 Å². The summed E-state index contributed by atoms with van der Waals surface area (Å²) in [6.07, 6.45) is 1.81. The number of halogens is 1. The molecule has 20 heavy (non-hydrogen) atoms. The molecule has 0 fully saturated rings. The fourth-order valence-electron chi connectivity index (χ4n) is 1.89. The molecular weight excluding hydrogens is 278 g/mol. The van der Waals surface area contributed by atoms with Crippen LogP contribution in [0.4, 0.5) is 5.69 Å². The third kappa shape index (κ3) is 3.17. The van der Waals surface area contributed by atoms with Crippen LogP contribution in [0, 0.1) is 6.92 Å². The molecule has 2 rings (SSSR count). The van der Waals surface area contributed by atoms with Gasteiger partial charge in [-0.2, -0.15) is 0 Å². The lowest BCUT2D eigenvalue weighted by Crippen LogP contribution is -2.36. The van der Waals surface area contributed by atoms with Crippen molar-refractivity contribution >= 4 is 23.2 Å². The van der Waals surface area contributed by atoms with Gasteiger partial charge in [-0.1, -0.05) is 25.1 Å². The van der Waals surface area contributed by atoms with Crippen molar-refractivity contribution in [1.29, 1.82) is 0 Å². The average Bonchev–Trinajstić information content (AvgIpc) is 2.97. The summed E-state index contributed by atoms with van der Waals surface area (Å²) in [5.74, 6) is 0.211. The number of hydrogen-bond acceptors (Lipinski definition) is 4. The zero-order valence-corrected chi connectivity index (χ0v) is 12.2. The molecule has 0 aliphatic rings. The van der Waals surface area contributed by atoms with Crippen molar-refractivity contribution in [3.05, 3.63) is 42.1 Å². The van der Waals surface area contributed by atoms with Crippen molar-refractivity contribution in [2.45, 2.75) is 32.2 Å². The molecule has 0 aliphatic carbocycles. The van der Waals surface area contributed by atoms with Gasteiger partial charge in [0, 0.05) is 5.69 Å². The minimum atomic E-state index is -0.572. The smallest absolute Gasteiger partial charge is 0.245 e. The van der Waals surface area contributed by atoms with Crippen LogP contribution in [0.15, 0.2) is 35.1 Å². The molecule has 5 nitrogen and oxygen atoms in total. The molecule has 1 aromatic carbocycles. The van der Waals surface area contributed by atoms with Gasteiger partial charge >= 0.3 is 0 Å². The normalized spacial score (nSPS) is 12.2. The first-order valence-electron chi connectivity index (χ1n) is 6.39. The first-order valence-corrected chi connectivity index (χ1v) is 6.83. The number of alkyl halides is 1. The van der Waals surface area contributed by atoms with Gasteiger partial charge in [0.2, 0.25) is 18.2 Å². The summed E-state index contributed by atoms with van der Waals surface area (Å²) in [5, 5.41) is 6.88.